The summed E-state index contributed by atoms with van der Waals surface area (Å²) in [6.45, 7) is 0. The smallest absolute Gasteiger partial charge is 0.405 e. The zero-order valence-electron chi connectivity index (χ0n) is 8.35. The Morgan fingerprint density at radius 3 is 2.59 bits per heavy atom. The van der Waals surface area contributed by atoms with Crippen molar-refractivity contribution in [3.05, 3.63) is 28.8 Å². The molecule has 0 aromatic heterocycles. The molecule has 1 rings (SSSR count). The van der Waals surface area contributed by atoms with Crippen molar-refractivity contribution in [1.29, 1.82) is 0 Å². The molecule has 0 heterocycles. The van der Waals surface area contributed by atoms with Gasteiger partial charge in [-0.1, -0.05) is 33.6 Å². The molecule has 0 aliphatic carbocycles. The highest BCUT2D eigenvalue weighted by molar-refractivity contribution is 9.09. The molecule has 1 aromatic carbocycles. The molecule has 0 bridgehead atoms. The van der Waals surface area contributed by atoms with E-state index in [9.17, 15) is 18.0 Å². The number of Topliss-reactive ketones (excluding diaryl/α,β-unsaturated/α-hetero) is 1. The minimum atomic E-state index is -4.81. The molecule has 0 aliphatic heterocycles. The lowest BCUT2D eigenvalue weighted by molar-refractivity contribution is -0.274. The lowest BCUT2D eigenvalue weighted by Gasteiger charge is -2.13. The molecular weight excluding hydrogens is 324 g/mol. The number of carbonyl (C=O) groups excluding carboxylic acids is 1. The second-order valence-electron chi connectivity index (χ2n) is 3.15. The standard InChI is InChI=1S/C10H7BrClF3O2/c11-5-8(16)3-6-1-2-7(12)4-9(6)17-10(13,14)15/h1-2,4H,3,5H2. The Balaban J connectivity index is 2.99. The highest BCUT2D eigenvalue weighted by atomic mass is 79.9. The second-order valence-corrected chi connectivity index (χ2v) is 4.15. The van der Waals surface area contributed by atoms with Crippen LogP contribution in [0.5, 0.6) is 5.75 Å². The molecule has 0 unspecified atom stereocenters. The van der Waals surface area contributed by atoms with Crippen molar-refractivity contribution in [3.63, 3.8) is 0 Å². The molecule has 0 amide bonds. The van der Waals surface area contributed by atoms with E-state index in [0.29, 0.717) is 0 Å². The van der Waals surface area contributed by atoms with E-state index < -0.39 is 12.1 Å². The van der Waals surface area contributed by atoms with Crippen LogP contribution in [0.4, 0.5) is 13.2 Å². The van der Waals surface area contributed by atoms with Crippen LogP contribution >= 0.6 is 27.5 Å². The van der Waals surface area contributed by atoms with Gasteiger partial charge in [0.1, 0.15) is 11.5 Å². The molecular formula is C10H7BrClF3O2. The van der Waals surface area contributed by atoms with Crippen LogP contribution in [-0.4, -0.2) is 17.5 Å². The Bertz CT molecular complexity index is 421. The fourth-order valence-corrected chi connectivity index (χ4v) is 1.51. The maximum atomic E-state index is 12.1. The first kappa shape index (κ1) is 14.3. The second kappa shape index (κ2) is 5.73. The largest absolute Gasteiger partial charge is 0.573 e. The minimum absolute atomic E-state index is 0.0705. The molecule has 1 aromatic rings. The molecule has 0 radical (unpaired) electrons. The third-order valence-corrected chi connectivity index (χ3v) is 2.65. The van der Waals surface area contributed by atoms with Crippen molar-refractivity contribution in [2.75, 3.05) is 5.33 Å². The van der Waals surface area contributed by atoms with Gasteiger partial charge in [0.25, 0.3) is 0 Å². The van der Waals surface area contributed by atoms with Crippen molar-refractivity contribution in [3.8, 4) is 5.75 Å². The van der Waals surface area contributed by atoms with Crippen LogP contribution in [-0.2, 0) is 11.2 Å². The van der Waals surface area contributed by atoms with Gasteiger partial charge in [0.15, 0.2) is 0 Å². The van der Waals surface area contributed by atoms with Gasteiger partial charge in [0.2, 0.25) is 0 Å². The van der Waals surface area contributed by atoms with Crippen LogP contribution in [0, 0.1) is 0 Å². The van der Waals surface area contributed by atoms with Gasteiger partial charge in [-0.25, -0.2) is 0 Å². The first-order valence-electron chi connectivity index (χ1n) is 4.43. The molecule has 0 N–H and O–H groups in total. The number of rotatable bonds is 4. The Morgan fingerprint density at radius 2 is 2.06 bits per heavy atom. The van der Waals surface area contributed by atoms with Gasteiger partial charge < -0.3 is 4.74 Å². The predicted molar refractivity (Wildman–Crippen MR) is 60.6 cm³/mol. The van der Waals surface area contributed by atoms with E-state index in [4.69, 9.17) is 11.6 Å². The number of ether oxygens (including phenoxy) is 1. The first-order valence-corrected chi connectivity index (χ1v) is 5.93. The average Bonchev–Trinajstić information content (AvgIpc) is 2.19. The van der Waals surface area contributed by atoms with Gasteiger partial charge in [-0.15, -0.1) is 13.2 Å². The Kier molecular flexibility index (Phi) is 4.82. The van der Waals surface area contributed by atoms with Crippen LogP contribution < -0.4 is 4.74 Å². The van der Waals surface area contributed by atoms with E-state index in [2.05, 4.69) is 20.7 Å². The van der Waals surface area contributed by atoms with Crippen LogP contribution in [0.15, 0.2) is 18.2 Å². The molecule has 0 aliphatic rings. The maximum Gasteiger partial charge on any atom is 0.573 e. The summed E-state index contributed by atoms with van der Waals surface area (Å²) in [7, 11) is 0. The number of hydrogen-bond acceptors (Lipinski definition) is 2. The van der Waals surface area contributed by atoms with E-state index in [0.717, 1.165) is 6.07 Å². The zero-order valence-corrected chi connectivity index (χ0v) is 10.7. The number of benzene rings is 1. The summed E-state index contributed by atoms with van der Waals surface area (Å²) in [6.07, 6.45) is -4.95. The van der Waals surface area contributed by atoms with Crippen molar-refractivity contribution >= 4 is 33.3 Å². The third kappa shape index (κ3) is 4.95. The summed E-state index contributed by atoms with van der Waals surface area (Å²) in [4.78, 5) is 11.2. The summed E-state index contributed by atoms with van der Waals surface area (Å²) < 4.78 is 40.1. The number of alkyl halides is 4. The Labute approximate surface area is 109 Å². The van der Waals surface area contributed by atoms with Gasteiger partial charge in [0, 0.05) is 17.0 Å². The predicted octanol–water partition coefficient (Wildman–Crippen LogP) is 3.75. The van der Waals surface area contributed by atoms with E-state index in [1.165, 1.54) is 12.1 Å². The van der Waals surface area contributed by atoms with Gasteiger partial charge >= 0.3 is 6.36 Å². The minimum Gasteiger partial charge on any atom is -0.405 e. The Hall–Kier alpha value is -0.750. The van der Waals surface area contributed by atoms with Crippen LogP contribution in [0.25, 0.3) is 0 Å². The molecule has 0 atom stereocenters. The third-order valence-electron chi connectivity index (χ3n) is 1.79. The molecule has 0 fully saturated rings. The lowest BCUT2D eigenvalue weighted by Crippen LogP contribution is -2.18. The number of halogens is 5. The van der Waals surface area contributed by atoms with Crippen molar-refractivity contribution in [2.45, 2.75) is 12.8 Å². The molecule has 17 heavy (non-hydrogen) atoms. The van der Waals surface area contributed by atoms with Gasteiger partial charge in [-0.2, -0.15) is 0 Å². The summed E-state index contributed by atoms with van der Waals surface area (Å²) in [5.74, 6) is -0.696. The van der Waals surface area contributed by atoms with E-state index >= 15 is 0 Å². The van der Waals surface area contributed by atoms with E-state index in [-0.39, 0.29) is 28.1 Å². The fourth-order valence-electron chi connectivity index (χ4n) is 1.15. The highest BCUT2D eigenvalue weighted by Crippen LogP contribution is 2.29. The van der Waals surface area contributed by atoms with E-state index in [1.807, 2.05) is 0 Å². The van der Waals surface area contributed by atoms with Gasteiger partial charge in [0.05, 0.1) is 5.33 Å². The molecule has 7 heteroatoms. The zero-order chi connectivity index (χ0) is 13.1. The van der Waals surface area contributed by atoms with Crippen LogP contribution in [0.1, 0.15) is 5.56 Å². The molecule has 94 valence electrons. The topological polar surface area (TPSA) is 26.3 Å². The summed E-state index contributed by atoms with van der Waals surface area (Å²) >= 11 is 8.51. The van der Waals surface area contributed by atoms with E-state index in [1.54, 1.807) is 0 Å². The summed E-state index contributed by atoms with van der Waals surface area (Å²) in [5, 5.41) is 0.181. The quantitative estimate of drug-likeness (QED) is 0.786. The Morgan fingerprint density at radius 1 is 1.41 bits per heavy atom. The van der Waals surface area contributed by atoms with Crippen molar-refractivity contribution in [1.82, 2.24) is 0 Å². The molecule has 0 saturated heterocycles. The highest BCUT2D eigenvalue weighted by Gasteiger charge is 2.32. The first-order chi connectivity index (χ1) is 7.81. The summed E-state index contributed by atoms with van der Waals surface area (Å²) in [5.41, 5.74) is 0.149. The maximum absolute atomic E-state index is 12.1. The number of ketones is 1. The monoisotopic (exact) mass is 330 g/mol. The summed E-state index contributed by atoms with van der Waals surface area (Å²) in [6, 6.07) is 3.78. The van der Waals surface area contributed by atoms with Crippen LogP contribution in [0.2, 0.25) is 5.02 Å². The molecule has 2 nitrogen and oxygen atoms in total. The van der Waals surface area contributed by atoms with Crippen molar-refractivity contribution in [2.24, 2.45) is 0 Å². The molecule has 0 saturated carbocycles. The number of carbonyl (C=O) groups is 1. The molecule has 0 spiro atoms. The lowest BCUT2D eigenvalue weighted by atomic mass is 10.1. The number of hydrogen-bond donors (Lipinski definition) is 0. The van der Waals surface area contributed by atoms with Gasteiger partial charge in [-0.3, -0.25) is 4.79 Å². The normalized spacial score (nSPS) is 11.4. The van der Waals surface area contributed by atoms with Crippen molar-refractivity contribution < 1.29 is 22.7 Å². The SMILES string of the molecule is O=C(CBr)Cc1ccc(Cl)cc1OC(F)(F)F. The fraction of sp³-hybridized carbons (Fsp3) is 0.300. The van der Waals surface area contributed by atoms with Crippen LogP contribution in [0.3, 0.4) is 0 Å². The van der Waals surface area contributed by atoms with Gasteiger partial charge in [-0.05, 0) is 12.1 Å². The average molecular weight is 332 g/mol.